The van der Waals surface area contributed by atoms with Crippen LogP contribution in [0.4, 0.5) is 4.79 Å². The zero-order valence-electron chi connectivity index (χ0n) is 33.6. The first-order valence-electron chi connectivity index (χ1n) is 19.8. The summed E-state index contributed by atoms with van der Waals surface area (Å²) in [6.07, 6.45) is 2.28. The van der Waals surface area contributed by atoms with Crippen LogP contribution in [0.15, 0.2) is 0 Å². The van der Waals surface area contributed by atoms with Crippen LogP contribution >= 0.6 is 0 Å². The van der Waals surface area contributed by atoms with E-state index in [0.29, 0.717) is 25.9 Å². The maximum absolute atomic E-state index is 11.8. The minimum atomic E-state index is -1.56. The van der Waals surface area contributed by atoms with Gasteiger partial charge in [-0.2, -0.15) is 0 Å². The van der Waals surface area contributed by atoms with Crippen LogP contribution in [0.25, 0.3) is 0 Å². The second-order valence-electron chi connectivity index (χ2n) is 17.0. The molecule has 0 aromatic rings. The number of ether oxygens (including phenoxy) is 7. The van der Waals surface area contributed by atoms with Crippen LogP contribution < -0.4 is 5.73 Å². The van der Waals surface area contributed by atoms with Gasteiger partial charge in [-0.25, -0.2) is 4.79 Å². The Morgan fingerprint density at radius 2 is 1.68 bits per heavy atom. The maximum Gasteiger partial charge on any atom is 0.404 e. The molecule has 5 aliphatic heterocycles. The number of hydrogen-bond acceptors (Lipinski definition) is 12. The molecule has 14 nitrogen and oxygen atoms in total. The Bertz CT molecular complexity index is 1240. The van der Waals surface area contributed by atoms with Gasteiger partial charge in [0.1, 0.15) is 0 Å². The molecule has 1 amide bonds. The van der Waals surface area contributed by atoms with Crippen LogP contribution in [-0.2, 0) is 38.0 Å². The molecular weight excluding hydrogens is 690 g/mol. The third kappa shape index (κ3) is 9.01. The number of carbonyl (C=O) groups excluding carboxylic acids is 1. The van der Waals surface area contributed by atoms with E-state index < -0.39 is 65.7 Å². The van der Waals surface area contributed by atoms with E-state index >= 15 is 0 Å². The number of amides is 1. The van der Waals surface area contributed by atoms with E-state index in [1.807, 2.05) is 20.8 Å². The van der Waals surface area contributed by atoms with Gasteiger partial charge in [0.15, 0.2) is 11.6 Å². The first-order chi connectivity index (χ1) is 24.7. The van der Waals surface area contributed by atoms with Crippen molar-refractivity contribution < 1.29 is 63.2 Å². The predicted octanol–water partition coefficient (Wildman–Crippen LogP) is 4.37. The summed E-state index contributed by atoms with van der Waals surface area (Å²) in [5, 5.41) is 41.8. The predicted molar refractivity (Wildman–Crippen MR) is 194 cm³/mol. The number of carboxylic acids is 1. The van der Waals surface area contributed by atoms with Crippen molar-refractivity contribution in [3.63, 3.8) is 0 Å². The van der Waals surface area contributed by atoms with Crippen molar-refractivity contribution in [3.8, 4) is 0 Å². The molecular formula is C39H69NO13. The Kier molecular flexibility index (Phi) is 14.4. The second-order valence-corrected chi connectivity index (χ2v) is 17.0. The van der Waals surface area contributed by atoms with Gasteiger partial charge in [0.25, 0.3) is 0 Å². The van der Waals surface area contributed by atoms with E-state index in [9.17, 15) is 30.0 Å². The first-order valence-corrected chi connectivity index (χ1v) is 19.8. The Labute approximate surface area is 315 Å². The summed E-state index contributed by atoms with van der Waals surface area (Å²) < 4.78 is 43.6. The number of rotatable bonds is 11. The molecule has 5 heterocycles. The van der Waals surface area contributed by atoms with E-state index in [2.05, 4.69) is 38.2 Å². The molecule has 0 aliphatic carbocycles. The molecule has 53 heavy (non-hydrogen) atoms. The van der Waals surface area contributed by atoms with Crippen LogP contribution in [0.5, 0.6) is 0 Å². The third-order valence-corrected chi connectivity index (χ3v) is 13.3. The summed E-state index contributed by atoms with van der Waals surface area (Å²) >= 11 is 0. The maximum atomic E-state index is 11.8. The number of hydrogen-bond donors (Lipinski definition) is 5. The topological polar surface area (TPSA) is 206 Å². The van der Waals surface area contributed by atoms with Crippen LogP contribution in [0.1, 0.15) is 114 Å². The summed E-state index contributed by atoms with van der Waals surface area (Å²) in [5.41, 5.74) is 3.40. The molecule has 6 N–H and O–H groups in total. The van der Waals surface area contributed by atoms with E-state index in [0.717, 1.165) is 32.1 Å². The highest BCUT2D eigenvalue weighted by Gasteiger charge is 2.62. The molecule has 5 fully saturated rings. The lowest BCUT2D eigenvalue weighted by Gasteiger charge is -2.49. The van der Waals surface area contributed by atoms with Gasteiger partial charge in [0, 0.05) is 37.7 Å². The van der Waals surface area contributed by atoms with Crippen molar-refractivity contribution in [2.75, 3.05) is 20.3 Å². The zero-order chi connectivity index (χ0) is 39.7. The van der Waals surface area contributed by atoms with Crippen LogP contribution in [0.3, 0.4) is 0 Å². The fraction of sp³-hybridized carbons (Fsp3) is 0.949. The summed E-state index contributed by atoms with van der Waals surface area (Å²) in [6, 6.07) is 0. The van der Waals surface area contributed by atoms with Gasteiger partial charge in [-0.15, -0.1) is 0 Å². The van der Waals surface area contributed by atoms with Crippen LogP contribution in [0.2, 0.25) is 0 Å². The van der Waals surface area contributed by atoms with Gasteiger partial charge in [-0.05, 0) is 71.1 Å². The van der Waals surface area contributed by atoms with Gasteiger partial charge in [-0.1, -0.05) is 41.5 Å². The molecule has 5 rings (SSSR count). The zero-order valence-corrected chi connectivity index (χ0v) is 33.6. The average molecular weight is 760 g/mol. The normalized spacial score (nSPS) is 46.0. The highest BCUT2D eigenvalue weighted by Crippen LogP contribution is 2.55. The molecule has 17 atom stereocenters. The molecule has 0 aromatic heterocycles. The number of aliphatic hydroxyl groups is 3. The van der Waals surface area contributed by atoms with Crippen molar-refractivity contribution in [1.29, 1.82) is 0 Å². The Morgan fingerprint density at radius 3 is 2.23 bits per heavy atom. The lowest BCUT2D eigenvalue weighted by molar-refractivity contribution is -0.336. The van der Waals surface area contributed by atoms with Crippen molar-refractivity contribution >= 4 is 12.1 Å². The quantitative estimate of drug-likeness (QED) is 0.199. The van der Waals surface area contributed by atoms with Gasteiger partial charge in [0.05, 0.1) is 73.1 Å². The fourth-order valence-corrected chi connectivity index (χ4v) is 10.1. The van der Waals surface area contributed by atoms with E-state index in [-0.39, 0.29) is 54.0 Å². The summed E-state index contributed by atoms with van der Waals surface area (Å²) in [7, 11) is 1.52. The van der Waals surface area contributed by atoms with Gasteiger partial charge < -0.3 is 59.3 Å². The van der Waals surface area contributed by atoms with Crippen LogP contribution in [-0.4, -0.2) is 118 Å². The SMILES string of the molecule is CCOC(N)=O.CC[C@@]1([C@@H]2O[C@@H]([C@H]3O[C@@](O)(CO)[C@H](C)C[C@@H]3C)C[C@@H]2C)CC[C@H]([C@]2(C)CC[C@]3(C[C@H](O)[C@@H](C)[C@@H]([C@@H](C)[C@@H](OC)[C@H](C)C(=O)O)O3)O2)O1. The van der Waals surface area contributed by atoms with Gasteiger partial charge in [0.2, 0.25) is 0 Å². The molecule has 0 bridgehead atoms. The summed E-state index contributed by atoms with van der Waals surface area (Å²) in [6.45, 7) is 17.6. The largest absolute Gasteiger partial charge is 0.481 e. The third-order valence-electron chi connectivity index (χ3n) is 13.3. The molecule has 0 radical (unpaired) electrons. The smallest absolute Gasteiger partial charge is 0.404 e. The van der Waals surface area contributed by atoms with E-state index in [1.165, 1.54) is 7.11 Å². The Hall–Kier alpha value is -1.62. The molecule has 0 saturated carbocycles. The Morgan fingerprint density at radius 1 is 1.00 bits per heavy atom. The van der Waals surface area contributed by atoms with Gasteiger partial charge in [-0.3, -0.25) is 4.79 Å². The van der Waals surface area contributed by atoms with Gasteiger partial charge >= 0.3 is 12.1 Å². The number of primary amides is 1. The lowest BCUT2D eigenvalue weighted by Crippen LogP contribution is -2.57. The number of methoxy groups -OCH3 is 1. The van der Waals surface area contributed by atoms with Crippen molar-refractivity contribution in [3.05, 3.63) is 0 Å². The monoisotopic (exact) mass is 759 g/mol. The number of nitrogens with two attached hydrogens (primary N) is 1. The Balaban J connectivity index is 0.000000964. The highest BCUT2D eigenvalue weighted by molar-refractivity contribution is 5.70. The molecule has 14 heteroatoms. The lowest BCUT2D eigenvalue weighted by atomic mass is 9.78. The van der Waals surface area contributed by atoms with Crippen molar-refractivity contribution in [1.82, 2.24) is 0 Å². The molecule has 0 unspecified atom stereocenters. The molecule has 5 aliphatic rings. The van der Waals surface area contributed by atoms with Crippen molar-refractivity contribution in [2.24, 2.45) is 41.2 Å². The standard InChI is InChI=1S/C36H62O11.C3H7NO2/c1-10-34(31-20(3)16-26(43-31)28-19(2)15-21(4)36(41,18-37)46-28)12-11-27(44-34)33(8)13-14-35(47-33)17-25(38)22(5)30(45-35)23(6)29(42-9)24(7)32(39)40;1-2-6-3(4)5/h19-31,37-38,41H,10-18H2,1-9H3,(H,39,40);2H2,1H3,(H2,4,5)/t19-,20-,21+,22+,23-,24-,25-,26+,27+,28-,29+,30-,31+,33-,34-,35+,36-;/m0./s1. The van der Waals surface area contributed by atoms with Crippen LogP contribution in [0, 0.1) is 35.5 Å². The first kappa shape index (κ1) is 44.1. The summed E-state index contributed by atoms with van der Waals surface area (Å²) in [5.74, 6) is -4.52. The number of carbonyl (C=O) groups is 2. The summed E-state index contributed by atoms with van der Waals surface area (Å²) in [4.78, 5) is 21.4. The second kappa shape index (κ2) is 17.3. The molecule has 0 aromatic carbocycles. The number of aliphatic hydroxyl groups excluding tert-OH is 2. The minimum Gasteiger partial charge on any atom is -0.481 e. The fourth-order valence-electron chi connectivity index (χ4n) is 10.1. The molecule has 308 valence electrons. The van der Waals surface area contributed by atoms with E-state index in [4.69, 9.17) is 28.4 Å². The number of aliphatic carboxylic acids is 1. The van der Waals surface area contributed by atoms with E-state index in [1.54, 1.807) is 13.8 Å². The molecule has 5 saturated heterocycles. The average Bonchev–Trinajstić information content (AvgIpc) is 3.81. The van der Waals surface area contributed by atoms with Crippen molar-refractivity contribution in [2.45, 2.75) is 179 Å². The highest BCUT2D eigenvalue weighted by atomic mass is 16.7. The number of carboxylic acid groups (broad SMARTS) is 1. The minimum absolute atomic E-state index is 0.153. The molecule has 1 spiro atoms.